The van der Waals surface area contributed by atoms with E-state index in [1.165, 1.54) is 0 Å². The molecular formula is C28H20Cl2N2O2. The van der Waals surface area contributed by atoms with E-state index < -0.39 is 0 Å². The number of fused-ring (bicyclic) bond motifs is 2. The molecule has 1 aliphatic rings. The van der Waals surface area contributed by atoms with Crippen LogP contribution in [-0.4, -0.2) is 15.4 Å². The zero-order valence-electron chi connectivity index (χ0n) is 18.3. The van der Waals surface area contributed by atoms with Crippen LogP contribution < -0.4 is 0 Å². The Labute approximate surface area is 206 Å². The van der Waals surface area contributed by atoms with Crippen LogP contribution in [0.2, 0.25) is 10.0 Å². The zero-order valence-corrected chi connectivity index (χ0v) is 19.8. The van der Waals surface area contributed by atoms with Gasteiger partial charge in [0.25, 0.3) is 5.91 Å². The average Bonchev–Trinajstić information content (AvgIpc) is 3.52. The average molecular weight is 487 g/mol. The number of hydrogen-bond acceptors (Lipinski definition) is 2. The maximum absolute atomic E-state index is 13.6. The van der Waals surface area contributed by atoms with Crippen LogP contribution in [0.25, 0.3) is 22.2 Å². The van der Waals surface area contributed by atoms with E-state index in [1.54, 1.807) is 12.3 Å². The van der Waals surface area contributed by atoms with Gasteiger partial charge in [-0.05, 0) is 48.0 Å². The summed E-state index contributed by atoms with van der Waals surface area (Å²) >= 11 is 13.0. The molecule has 0 bridgehead atoms. The fourth-order valence-electron chi connectivity index (χ4n) is 5.12. The van der Waals surface area contributed by atoms with Gasteiger partial charge in [-0.1, -0.05) is 59.6 Å². The van der Waals surface area contributed by atoms with Crippen LogP contribution in [0.15, 0.2) is 89.5 Å². The number of hydrogen-bond donors (Lipinski definition) is 0. The summed E-state index contributed by atoms with van der Waals surface area (Å²) in [4.78, 5) is 15.5. The minimum atomic E-state index is -0.304. The first-order valence-electron chi connectivity index (χ1n) is 11.0. The van der Waals surface area contributed by atoms with Crippen molar-refractivity contribution in [2.75, 3.05) is 0 Å². The number of carbonyl (C=O) groups excluding carboxylic acids is 1. The molecule has 0 unspecified atom stereocenters. The van der Waals surface area contributed by atoms with Crippen molar-refractivity contribution < 1.29 is 9.21 Å². The molecule has 0 spiro atoms. The van der Waals surface area contributed by atoms with Gasteiger partial charge in [0.15, 0.2) is 0 Å². The topological polar surface area (TPSA) is 38.4 Å². The Balaban J connectivity index is 1.67. The smallest absolute Gasteiger partial charge is 0.255 e. The molecule has 0 N–H and O–H groups in total. The van der Waals surface area contributed by atoms with E-state index in [1.807, 2.05) is 72.6 Å². The van der Waals surface area contributed by atoms with E-state index in [0.29, 0.717) is 22.2 Å². The number of benzene rings is 3. The van der Waals surface area contributed by atoms with E-state index in [-0.39, 0.29) is 11.9 Å². The SMILES string of the molecule is Cn1c(-c2ccc(Cl)cc2Cl)c([C@H]2c3ccccc3C(=O)N2Cc2ccco2)c2ccccc21. The number of aromatic nitrogens is 1. The molecule has 1 aliphatic heterocycles. The maximum atomic E-state index is 13.6. The van der Waals surface area contributed by atoms with Crippen molar-refractivity contribution in [3.05, 3.63) is 118 Å². The number of para-hydroxylation sites is 1. The molecule has 2 aromatic heterocycles. The van der Waals surface area contributed by atoms with Crippen molar-refractivity contribution >= 4 is 40.0 Å². The third-order valence-electron chi connectivity index (χ3n) is 6.57. The number of amides is 1. The van der Waals surface area contributed by atoms with Gasteiger partial charge >= 0.3 is 0 Å². The molecule has 0 aliphatic carbocycles. The highest BCUT2D eigenvalue weighted by atomic mass is 35.5. The highest BCUT2D eigenvalue weighted by Crippen LogP contribution is 2.48. The summed E-state index contributed by atoms with van der Waals surface area (Å²) < 4.78 is 7.78. The predicted molar refractivity (Wildman–Crippen MR) is 135 cm³/mol. The number of carbonyl (C=O) groups is 1. The normalized spacial score (nSPS) is 15.3. The lowest BCUT2D eigenvalue weighted by Gasteiger charge is -2.26. The summed E-state index contributed by atoms with van der Waals surface area (Å²) in [5.41, 5.74) is 5.61. The number of halogens is 2. The fraction of sp³-hybridized carbons (Fsp3) is 0.107. The summed E-state index contributed by atoms with van der Waals surface area (Å²) in [5.74, 6) is 0.718. The minimum absolute atomic E-state index is 0.0157. The van der Waals surface area contributed by atoms with Gasteiger partial charge in [-0.3, -0.25) is 4.79 Å². The van der Waals surface area contributed by atoms with Crippen molar-refractivity contribution in [3.63, 3.8) is 0 Å². The third kappa shape index (κ3) is 3.17. The molecule has 1 atom stereocenters. The van der Waals surface area contributed by atoms with Crippen LogP contribution >= 0.6 is 23.2 Å². The van der Waals surface area contributed by atoms with Crippen molar-refractivity contribution in [1.29, 1.82) is 0 Å². The van der Waals surface area contributed by atoms with E-state index in [2.05, 4.69) is 16.7 Å². The summed E-state index contributed by atoms with van der Waals surface area (Å²) in [6, 6.07) is 25.0. The van der Waals surface area contributed by atoms with Crippen molar-refractivity contribution in [2.24, 2.45) is 7.05 Å². The van der Waals surface area contributed by atoms with Crippen LogP contribution in [0.4, 0.5) is 0 Å². The highest BCUT2D eigenvalue weighted by Gasteiger charge is 2.41. The summed E-state index contributed by atoms with van der Waals surface area (Å²) in [6.45, 7) is 0.363. The third-order valence-corrected chi connectivity index (χ3v) is 7.12. The molecule has 4 nitrogen and oxygen atoms in total. The molecule has 0 saturated carbocycles. The second-order valence-corrected chi connectivity index (χ2v) is 9.31. The largest absolute Gasteiger partial charge is 0.467 e. The lowest BCUT2D eigenvalue weighted by atomic mass is 9.93. The Kier molecular flexibility index (Phi) is 5.01. The Bertz CT molecular complexity index is 1550. The van der Waals surface area contributed by atoms with Gasteiger partial charge in [0.05, 0.1) is 29.6 Å². The van der Waals surface area contributed by atoms with Crippen molar-refractivity contribution in [2.45, 2.75) is 12.6 Å². The maximum Gasteiger partial charge on any atom is 0.255 e. The molecule has 6 heteroatoms. The molecule has 3 heterocycles. The van der Waals surface area contributed by atoms with Crippen LogP contribution in [0.3, 0.4) is 0 Å². The van der Waals surface area contributed by atoms with E-state index in [0.717, 1.165) is 39.0 Å². The summed E-state index contributed by atoms with van der Waals surface area (Å²) in [7, 11) is 2.03. The highest BCUT2D eigenvalue weighted by molar-refractivity contribution is 6.36. The van der Waals surface area contributed by atoms with Crippen LogP contribution in [0, 0.1) is 0 Å². The molecule has 34 heavy (non-hydrogen) atoms. The first-order chi connectivity index (χ1) is 16.5. The van der Waals surface area contributed by atoms with E-state index in [9.17, 15) is 4.79 Å². The number of nitrogens with zero attached hydrogens (tertiary/aromatic N) is 2. The first kappa shape index (κ1) is 21.1. The van der Waals surface area contributed by atoms with Crippen LogP contribution in [0.5, 0.6) is 0 Å². The van der Waals surface area contributed by atoms with Crippen molar-refractivity contribution in [3.8, 4) is 11.3 Å². The lowest BCUT2D eigenvalue weighted by Crippen LogP contribution is -2.28. The molecule has 0 radical (unpaired) electrons. The second-order valence-electron chi connectivity index (χ2n) is 8.46. The quantitative estimate of drug-likeness (QED) is 0.263. The van der Waals surface area contributed by atoms with E-state index >= 15 is 0 Å². The molecule has 3 aromatic carbocycles. The fourth-order valence-corrected chi connectivity index (χ4v) is 5.62. The number of furan rings is 1. The van der Waals surface area contributed by atoms with Gasteiger partial charge in [-0.15, -0.1) is 0 Å². The molecule has 6 rings (SSSR count). The second kappa shape index (κ2) is 8.08. The Morgan fingerprint density at radius 1 is 0.912 bits per heavy atom. The monoisotopic (exact) mass is 486 g/mol. The molecule has 0 fully saturated rings. The van der Waals surface area contributed by atoms with Gasteiger partial charge in [0.2, 0.25) is 0 Å². The molecule has 0 saturated heterocycles. The molecule has 168 valence electrons. The van der Waals surface area contributed by atoms with Crippen molar-refractivity contribution in [1.82, 2.24) is 9.47 Å². The lowest BCUT2D eigenvalue weighted by molar-refractivity contribution is 0.0724. The summed E-state index contributed by atoms with van der Waals surface area (Å²) in [6.07, 6.45) is 1.63. The van der Waals surface area contributed by atoms with Gasteiger partial charge in [0, 0.05) is 39.7 Å². The van der Waals surface area contributed by atoms with Gasteiger partial charge < -0.3 is 13.9 Å². The van der Waals surface area contributed by atoms with E-state index in [4.69, 9.17) is 27.6 Å². The minimum Gasteiger partial charge on any atom is -0.467 e. The van der Waals surface area contributed by atoms with Crippen LogP contribution in [-0.2, 0) is 13.6 Å². The molecule has 5 aromatic rings. The zero-order chi connectivity index (χ0) is 23.4. The standard InChI is InChI=1S/C28H20Cl2N2O2/c1-31-24-11-5-4-10-22(24)25(26(31)21-13-12-17(29)15-23(21)30)27-19-8-2-3-9-20(19)28(33)32(27)16-18-7-6-14-34-18/h2-15,27H,16H2,1H3/t27-/m1/s1. The Hall–Kier alpha value is -3.47. The number of rotatable bonds is 4. The Morgan fingerprint density at radius 3 is 2.50 bits per heavy atom. The Morgan fingerprint density at radius 2 is 1.71 bits per heavy atom. The molecule has 1 amide bonds. The summed E-state index contributed by atoms with van der Waals surface area (Å²) in [5, 5.41) is 2.22. The predicted octanol–water partition coefficient (Wildman–Crippen LogP) is 7.49. The van der Waals surface area contributed by atoms with Gasteiger partial charge in [-0.2, -0.15) is 0 Å². The van der Waals surface area contributed by atoms with Crippen LogP contribution in [0.1, 0.15) is 33.3 Å². The number of aryl methyl sites for hydroxylation is 1. The first-order valence-corrected chi connectivity index (χ1v) is 11.7. The van der Waals surface area contributed by atoms with Gasteiger partial charge in [0.1, 0.15) is 5.76 Å². The molecular weight excluding hydrogens is 467 g/mol. The van der Waals surface area contributed by atoms with Gasteiger partial charge in [-0.25, -0.2) is 0 Å².